The maximum Gasteiger partial charge on any atom is 0.253 e. The highest BCUT2D eigenvalue weighted by atomic mass is 35.5. The summed E-state index contributed by atoms with van der Waals surface area (Å²) in [5, 5.41) is 0.616. The number of sulfone groups is 1. The Kier molecular flexibility index (Phi) is 7.71. The molecule has 0 heterocycles. The molecular weight excluding hydrogens is 434 g/mol. The Bertz CT molecular complexity index is 1120. The Morgan fingerprint density at radius 2 is 1.68 bits per heavy atom. The molecule has 3 aromatic rings. The molecule has 0 radical (unpaired) electrons. The average molecular weight is 458 g/mol. The van der Waals surface area contributed by atoms with Gasteiger partial charge in [-0.3, -0.25) is 4.79 Å². The molecule has 0 saturated carbocycles. The first-order valence-corrected chi connectivity index (χ1v) is 11.9. The summed E-state index contributed by atoms with van der Waals surface area (Å²) in [6.45, 7) is 0.998. The van der Waals surface area contributed by atoms with Crippen LogP contribution in [0.5, 0.6) is 5.75 Å². The molecule has 5 nitrogen and oxygen atoms in total. The number of rotatable bonds is 9. The molecule has 0 aliphatic heterocycles. The van der Waals surface area contributed by atoms with Crippen LogP contribution in [0.2, 0.25) is 5.02 Å². The van der Waals surface area contributed by atoms with Gasteiger partial charge >= 0.3 is 0 Å². The number of carbonyl (C=O) groups is 1. The number of hydrogen-bond acceptors (Lipinski definition) is 4. The fourth-order valence-electron chi connectivity index (χ4n) is 3.04. The Labute approximate surface area is 188 Å². The third kappa shape index (κ3) is 6.57. The summed E-state index contributed by atoms with van der Waals surface area (Å²) in [5.74, 6) is 0.463. The molecule has 0 bridgehead atoms. The second-order valence-electron chi connectivity index (χ2n) is 7.16. The molecule has 0 aliphatic rings. The van der Waals surface area contributed by atoms with Crippen LogP contribution in [0.3, 0.4) is 0 Å². The summed E-state index contributed by atoms with van der Waals surface area (Å²) >= 11 is 5.93. The van der Waals surface area contributed by atoms with E-state index in [0.717, 1.165) is 0 Å². The Morgan fingerprint density at radius 3 is 2.35 bits per heavy atom. The van der Waals surface area contributed by atoms with Crippen LogP contribution in [0.1, 0.15) is 22.3 Å². The van der Waals surface area contributed by atoms with E-state index in [1.165, 1.54) is 0 Å². The number of hydrogen-bond donors (Lipinski definition) is 0. The molecule has 0 N–H and O–H groups in total. The van der Waals surface area contributed by atoms with Crippen LogP contribution in [-0.4, -0.2) is 39.4 Å². The van der Waals surface area contributed by atoms with Crippen LogP contribution < -0.4 is 4.74 Å². The van der Waals surface area contributed by atoms with Gasteiger partial charge in [-0.2, -0.15) is 0 Å². The predicted octanol–water partition coefficient (Wildman–Crippen LogP) is 4.86. The first-order valence-electron chi connectivity index (χ1n) is 9.86. The van der Waals surface area contributed by atoms with Gasteiger partial charge in [-0.05, 0) is 54.4 Å². The summed E-state index contributed by atoms with van der Waals surface area (Å²) < 4.78 is 30.6. The van der Waals surface area contributed by atoms with Crippen LogP contribution in [0.25, 0.3) is 0 Å². The first kappa shape index (κ1) is 22.8. The number of halogens is 1. The fourth-order valence-corrected chi connectivity index (χ4v) is 4.59. The van der Waals surface area contributed by atoms with Gasteiger partial charge in [0.05, 0.1) is 17.3 Å². The van der Waals surface area contributed by atoms with Gasteiger partial charge in [0, 0.05) is 24.2 Å². The minimum absolute atomic E-state index is 0.109. The Morgan fingerprint density at radius 1 is 0.968 bits per heavy atom. The number of benzene rings is 3. The summed E-state index contributed by atoms with van der Waals surface area (Å²) in [4.78, 5) is 14.5. The van der Waals surface area contributed by atoms with E-state index in [2.05, 4.69) is 0 Å². The van der Waals surface area contributed by atoms with Crippen LogP contribution in [0, 0.1) is 0 Å². The lowest BCUT2D eigenvalue weighted by Crippen LogP contribution is -2.28. The minimum Gasteiger partial charge on any atom is -0.493 e. The zero-order valence-corrected chi connectivity index (χ0v) is 18.8. The van der Waals surface area contributed by atoms with E-state index >= 15 is 0 Å². The maximum atomic E-state index is 12.6. The highest BCUT2D eigenvalue weighted by Crippen LogP contribution is 2.18. The molecule has 3 rings (SSSR count). The fraction of sp³-hybridized carbons (Fsp3) is 0.208. The van der Waals surface area contributed by atoms with Crippen molar-refractivity contribution in [3.63, 3.8) is 0 Å². The Hall–Kier alpha value is -2.83. The van der Waals surface area contributed by atoms with E-state index in [0.29, 0.717) is 41.5 Å². The van der Waals surface area contributed by atoms with Crippen molar-refractivity contribution in [3.05, 3.63) is 95.0 Å². The highest BCUT2D eigenvalue weighted by molar-refractivity contribution is 7.90. The van der Waals surface area contributed by atoms with Crippen molar-refractivity contribution in [2.75, 3.05) is 20.2 Å². The van der Waals surface area contributed by atoms with Crippen molar-refractivity contribution >= 4 is 27.3 Å². The third-order valence-electron chi connectivity index (χ3n) is 4.71. The predicted molar refractivity (Wildman–Crippen MR) is 122 cm³/mol. The van der Waals surface area contributed by atoms with Gasteiger partial charge in [0.15, 0.2) is 9.84 Å². The smallest absolute Gasteiger partial charge is 0.253 e. The summed E-state index contributed by atoms with van der Waals surface area (Å²) in [7, 11) is -1.69. The maximum absolute atomic E-state index is 12.6. The van der Waals surface area contributed by atoms with Crippen LogP contribution in [0.4, 0.5) is 0 Å². The number of amides is 1. The minimum atomic E-state index is -3.42. The van der Waals surface area contributed by atoms with E-state index in [4.69, 9.17) is 16.3 Å². The molecule has 3 aromatic carbocycles. The van der Waals surface area contributed by atoms with Gasteiger partial charge in [0.1, 0.15) is 5.75 Å². The van der Waals surface area contributed by atoms with Gasteiger partial charge < -0.3 is 9.64 Å². The van der Waals surface area contributed by atoms with Crippen molar-refractivity contribution in [3.8, 4) is 5.75 Å². The van der Waals surface area contributed by atoms with Crippen molar-refractivity contribution in [1.82, 2.24) is 4.90 Å². The summed E-state index contributed by atoms with van der Waals surface area (Å²) in [6.07, 6.45) is 0.669. The Balaban J connectivity index is 1.51. The molecule has 0 unspecified atom stereocenters. The van der Waals surface area contributed by atoms with Crippen LogP contribution in [0.15, 0.2) is 83.8 Å². The second kappa shape index (κ2) is 10.5. The largest absolute Gasteiger partial charge is 0.493 e. The van der Waals surface area contributed by atoms with E-state index in [9.17, 15) is 13.2 Å². The highest BCUT2D eigenvalue weighted by Gasteiger charge is 2.16. The zero-order chi connectivity index (χ0) is 22.3. The lowest BCUT2D eigenvalue weighted by Gasteiger charge is -2.17. The summed E-state index contributed by atoms with van der Waals surface area (Å²) in [6, 6.07) is 22.2. The molecule has 0 spiro atoms. The standard InChI is InChI=1S/C24H24ClNO4S/c1-26(15-6-16-30-22-8-5-7-21(25)17-22)24(27)20-13-11-19(12-14-20)18-31(28,29)23-9-3-2-4-10-23/h2-5,7-14,17H,6,15-16,18H2,1H3. The molecule has 0 aliphatic carbocycles. The number of carbonyl (C=O) groups excluding carboxylic acids is 1. The molecule has 1 amide bonds. The van der Waals surface area contributed by atoms with Crippen molar-refractivity contribution in [2.45, 2.75) is 17.1 Å². The molecule has 0 aromatic heterocycles. The van der Waals surface area contributed by atoms with Gasteiger partial charge in [-0.15, -0.1) is 0 Å². The molecule has 162 valence electrons. The third-order valence-corrected chi connectivity index (χ3v) is 6.65. The normalized spacial score (nSPS) is 11.2. The van der Waals surface area contributed by atoms with Gasteiger partial charge in [0.2, 0.25) is 0 Å². The molecule has 0 saturated heterocycles. The van der Waals surface area contributed by atoms with Crippen LogP contribution >= 0.6 is 11.6 Å². The van der Waals surface area contributed by atoms with Crippen LogP contribution in [-0.2, 0) is 15.6 Å². The average Bonchev–Trinajstić information content (AvgIpc) is 2.77. The monoisotopic (exact) mass is 457 g/mol. The number of nitrogens with zero attached hydrogens (tertiary/aromatic N) is 1. The molecule has 0 atom stereocenters. The molecule has 7 heteroatoms. The van der Waals surface area contributed by atoms with E-state index in [1.54, 1.807) is 78.7 Å². The quantitative estimate of drug-likeness (QED) is 0.430. The molecule has 0 fully saturated rings. The van der Waals surface area contributed by atoms with Gasteiger partial charge in [0.25, 0.3) is 5.91 Å². The van der Waals surface area contributed by atoms with Gasteiger partial charge in [-0.25, -0.2) is 8.42 Å². The topological polar surface area (TPSA) is 63.7 Å². The van der Waals surface area contributed by atoms with Gasteiger partial charge in [-0.1, -0.05) is 48.0 Å². The summed E-state index contributed by atoms with van der Waals surface area (Å²) in [5.41, 5.74) is 1.15. The van der Waals surface area contributed by atoms with E-state index in [1.807, 2.05) is 12.1 Å². The van der Waals surface area contributed by atoms with Crippen molar-refractivity contribution in [2.24, 2.45) is 0 Å². The molecule has 31 heavy (non-hydrogen) atoms. The van der Waals surface area contributed by atoms with E-state index < -0.39 is 9.84 Å². The first-order chi connectivity index (χ1) is 14.8. The second-order valence-corrected chi connectivity index (χ2v) is 9.58. The number of ether oxygens (including phenoxy) is 1. The lowest BCUT2D eigenvalue weighted by atomic mass is 10.1. The SMILES string of the molecule is CN(CCCOc1cccc(Cl)c1)C(=O)c1ccc(CS(=O)(=O)c2ccccc2)cc1. The zero-order valence-electron chi connectivity index (χ0n) is 17.2. The van der Waals surface area contributed by atoms with Crippen molar-refractivity contribution < 1.29 is 17.9 Å². The van der Waals surface area contributed by atoms with E-state index in [-0.39, 0.29) is 16.6 Å². The molecular formula is C24H24ClNO4S. The van der Waals surface area contributed by atoms with Crippen molar-refractivity contribution in [1.29, 1.82) is 0 Å². The lowest BCUT2D eigenvalue weighted by molar-refractivity contribution is 0.0788.